The van der Waals surface area contributed by atoms with Gasteiger partial charge in [0.05, 0.1) is 24.7 Å². The minimum Gasteiger partial charge on any atom is -0.494 e. The standard InChI is InChI=1S/C27H32N2O3/c1-3-5-7-9-21-10-14-24(15-11-21)32-27(30)26-20-28-25(19-29-26)22-12-16-23(17-13-22)31-18-8-6-4-2/h10-17,19-20H,3-9,18H2,1-2H3. The van der Waals surface area contributed by atoms with Crippen molar-refractivity contribution in [1.29, 1.82) is 0 Å². The second-order valence-corrected chi connectivity index (χ2v) is 7.86. The lowest BCUT2D eigenvalue weighted by Gasteiger charge is -2.07. The normalized spacial score (nSPS) is 10.7. The van der Waals surface area contributed by atoms with E-state index in [4.69, 9.17) is 9.47 Å². The summed E-state index contributed by atoms with van der Waals surface area (Å²) in [4.78, 5) is 21.0. The molecule has 5 heteroatoms. The van der Waals surface area contributed by atoms with Gasteiger partial charge >= 0.3 is 5.97 Å². The Kier molecular flexibility index (Phi) is 9.23. The molecule has 1 aromatic heterocycles. The van der Waals surface area contributed by atoms with Gasteiger partial charge in [0.15, 0.2) is 5.69 Å². The van der Waals surface area contributed by atoms with E-state index in [1.54, 1.807) is 6.20 Å². The summed E-state index contributed by atoms with van der Waals surface area (Å²) in [5, 5.41) is 0. The topological polar surface area (TPSA) is 61.3 Å². The molecule has 0 N–H and O–H groups in total. The molecular weight excluding hydrogens is 400 g/mol. The summed E-state index contributed by atoms with van der Waals surface area (Å²) in [5.74, 6) is 0.836. The van der Waals surface area contributed by atoms with E-state index in [1.807, 2.05) is 48.5 Å². The van der Waals surface area contributed by atoms with E-state index in [1.165, 1.54) is 43.9 Å². The number of nitrogens with zero attached hydrogens (tertiary/aromatic N) is 2. The van der Waals surface area contributed by atoms with E-state index in [0.717, 1.165) is 30.8 Å². The molecule has 0 saturated carbocycles. The molecule has 168 valence electrons. The predicted octanol–water partition coefficient (Wildman–Crippen LogP) is 6.66. The van der Waals surface area contributed by atoms with Crippen LogP contribution in [0, 0.1) is 0 Å². The Bertz CT molecular complexity index is 952. The maximum Gasteiger partial charge on any atom is 0.363 e. The highest BCUT2D eigenvalue weighted by Crippen LogP contribution is 2.21. The van der Waals surface area contributed by atoms with Gasteiger partial charge in [-0.25, -0.2) is 9.78 Å². The lowest BCUT2D eigenvalue weighted by Crippen LogP contribution is -2.11. The minimum atomic E-state index is -0.515. The van der Waals surface area contributed by atoms with Gasteiger partial charge in [-0.15, -0.1) is 0 Å². The molecule has 0 radical (unpaired) electrons. The third-order valence-corrected chi connectivity index (χ3v) is 5.23. The number of ether oxygens (including phenoxy) is 2. The van der Waals surface area contributed by atoms with Gasteiger partial charge in [-0.2, -0.15) is 0 Å². The average Bonchev–Trinajstić information content (AvgIpc) is 2.84. The molecule has 5 nitrogen and oxygen atoms in total. The van der Waals surface area contributed by atoms with Crippen LogP contribution in [0.3, 0.4) is 0 Å². The molecule has 32 heavy (non-hydrogen) atoms. The number of carbonyl (C=O) groups excluding carboxylic acids is 1. The van der Waals surface area contributed by atoms with Crippen LogP contribution in [0.2, 0.25) is 0 Å². The van der Waals surface area contributed by atoms with Crippen LogP contribution in [-0.2, 0) is 6.42 Å². The summed E-state index contributed by atoms with van der Waals surface area (Å²) in [6.45, 7) is 5.09. The van der Waals surface area contributed by atoms with E-state index >= 15 is 0 Å². The Hall–Kier alpha value is -3.21. The molecule has 0 bridgehead atoms. The van der Waals surface area contributed by atoms with Crippen molar-refractivity contribution in [3.63, 3.8) is 0 Å². The smallest absolute Gasteiger partial charge is 0.363 e. The number of rotatable bonds is 12. The van der Waals surface area contributed by atoms with Gasteiger partial charge in [-0.1, -0.05) is 51.7 Å². The first-order valence-corrected chi connectivity index (χ1v) is 11.6. The fourth-order valence-electron chi connectivity index (χ4n) is 3.31. The number of aryl methyl sites for hydroxylation is 1. The summed E-state index contributed by atoms with van der Waals surface area (Å²) in [7, 11) is 0. The third kappa shape index (κ3) is 7.19. The summed E-state index contributed by atoms with van der Waals surface area (Å²) in [6.07, 6.45) is 11.1. The first-order chi connectivity index (χ1) is 15.7. The lowest BCUT2D eigenvalue weighted by atomic mass is 10.1. The van der Waals surface area contributed by atoms with Crippen molar-refractivity contribution < 1.29 is 14.3 Å². The van der Waals surface area contributed by atoms with Crippen LogP contribution >= 0.6 is 0 Å². The highest BCUT2D eigenvalue weighted by atomic mass is 16.5. The molecule has 0 aliphatic heterocycles. The first kappa shape index (κ1) is 23.5. The number of carbonyl (C=O) groups is 1. The molecule has 0 aliphatic rings. The van der Waals surface area contributed by atoms with Crippen LogP contribution in [0.25, 0.3) is 11.3 Å². The molecule has 0 spiro atoms. The monoisotopic (exact) mass is 432 g/mol. The molecule has 2 aromatic carbocycles. The van der Waals surface area contributed by atoms with Gasteiger partial charge in [0.2, 0.25) is 0 Å². The van der Waals surface area contributed by atoms with E-state index < -0.39 is 5.97 Å². The maximum atomic E-state index is 12.4. The number of aromatic nitrogens is 2. The number of unbranched alkanes of at least 4 members (excludes halogenated alkanes) is 4. The van der Waals surface area contributed by atoms with Crippen molar-refractivity contribution in [1.82, 2.24) is 9.97 Å². The Balaban J connectivity index is 1.54. The van der Waals surface area contributed by atoms with Crippen molar-refractivity contribution in [2.45, 2.75) is 58.8 Å². The van der Waals surface area contributed by atoms with E-state index in [0.29, 0.717) is 11.4 Å². The van der Waals surface area contributed by atoms with Gasteiger partial charge in [0, 0.05) is 5.56 Å². The van der Waals surface area contributed by atoms with Crippen LogP contribution in [0.5, 0.6) is 11.5 Å². The maximum absolute atomic E-state index is 12.4. The predicted molar refractivity (Wildman–Crippen MR) is 127 cm³/mol. The largest absolute Gasteiger partial charge is 0.494 e. The van der Waals surface area contributed by atoms with E-state index in [9.17, 15) is 4.79 Å². The molecule has 0 saturated heterocycles. The van der Waals surface area contributed by atoms with Crippen molar-refractivity contribution in [2.24, 2.45) is 0 Å². The second kappa shape index (κ2) is 12.6. The summed E-state index contributed by atoms with van der Waals surface area (Å²) in [6, 6.07) is 15.4. The number of esters is 1. The molecule has 0 unspecified atom stereocenters. The van der Waals surface area contributed by atoms with Crippen LogP contribution in [0.15, 0.2) is 60.9 Å². The highest BCUT2D eigenvalue weighted by Gasteiger charge is 2.12. The molecule has 0 fully saturated rings. The first-order valence-electron chi connectivity index (χ1n) is 11.6. The Morgan fingerprint density at radius 2 is 1.47 bits per heavy atom. The van der Waals surface area contributed by atoms with Crippen molar-refractivity contribution in [2.75, 3.05) is 6.61 Å². The Morgan fingerprint density at radius 1 is 0.781 bits per heavy atom. The molecule has 3 rings (SSSR count). The zero-order valence-corrected chi connectivity index (χ0v) is 19.0. The SMILES string of the molecule is CCCCCOc1ccc(-c2cnc(C(=O)Oc3ccc(CCCCC)cc3)cn2)cc1. The van der Waals surface area contributed by atoms with E-state index in [-0.39, 0.29) is 5.69 Å². The average molecular weight is 433 g/mol. The van der Waals surface area contributed by atoms with Crippen LogP contribution in [0.1, 0.15) is 68.4 Å². The molecule has 3 aromatic rings. The minimum absolute atomic E-state index is 0.177. The van der Waals surface area contributed by atoms with Gasteiger partial charge in [-0.3, -0.25) is 4.98 Å². The lowest BCUT2D eigenvalue weighted by molar-refractivity contribution is 0.0728. The van der Waals surface area contributed by atoms with Crippen LogP contribution in [-0.4, -0.2) is 22.5 Å². The van der Waals surface area contributed by atoms with Crippen LogP contribution < -0.4 is 9.47 Å². The van der Waals surface area contributed by atoms with Crippen molar-refractivity contribution >= 4 is 5.97 Å². The summed E-state index contributed by atoms with van der Waals surface area (Å²) in [5.41, 5.74) is 3.03. The molecule has 1 heterocycles. The van der Waals surface area contributed by atoms with Gasteiger partial charge < -0.3 is 9.47 Å². The molecular formula is C27H32N2O3. The second-order valence-electron chi connectivity index (χ2n) is 7.86. The number of hydrogen-bond donors (Lipinski definition) is 0. The highest BCUT2D eigenvalue weighted by molar-refractivity contribution is 5.88. The quantitative estimate of drug-likeness (QED) is 0.182. The van der Waals surface area contributed by atoms with Gasteiger partial charge in [-0.05, 0) is 61.2 Å². The summed E-state index contributed by atoms with van der Waals surface area (Å²) < 4.78 is 11.2. The summed E-state index contributed by atoms with van der Waals surface area (Å²) >= 11 is 0. The van der Waals surface area contributed by atoms with E-state index in [2.05, 4.69) is 23.8 Å². The molecule has 0 amide bonds. The fraction of sp³-hybridized carbons (Fsp3) is 0.370. The van der Waals surface area contributed by atoms with Gasteiger partial charge in [0.1, 0.15) is 11.5 Å². The zero-order chi connectivity index (χ0) is 22.6. The van der Waals surface area contributed by atoms with Crippen molar-refractivity contribution in [3.05, 3.63) is 72.2 Å². The van der Waals surface area contributed by atoms with Crippen molar-refractivity contribution in [3.8, 4) is 22.8 Å². The Labute approximate surface area is 190 Å². The zero-order valence-electron chi connectivity index (χ0n) is 19.0. The molecule has 0 atom stereocenters. The number of benzene rings is 2. The fourth-order valence-corrected chi connectivity index (χ4v) is 3.31. The Morgan fingerprint density at radius 3 is 2.12 bits per heavy atom. The third-order valence-electron chi connectivity index (χ3n) is 5.23. The number of hydrogen-bond acceptors (Lipinski definition) is 5. The van der Waals surface area contributed by atoms with Gasteiger partial charge in [0.25, 0.3) is 0 Å². The van der Waals surface area contributed by atoms with Crippen LogP contribution in [0.4, 0.5) is 0 Å². The molecule has 0 aliphatic carbocycles.